The van der Waals surface area contributed by atoms with Gasteiger partial charge < -0.3 is 15.8 Å². The second-order valence-corrected chi connectivity index (χ2v) is 3.71. The monoisotopic (exact) mass is 248 g/mol. The highest BCUT2D eigenvalue weighted by molar-refractivity contribution is 5.85. The van der Waals surface area contributed by atoms with Crippen molar-refractivity contribution in [2.75, 3.05) is 0 Å². The number of nitrogens with two attached hydrogens (primary N) is 1. The van der Waals surface area contributed by atoms with Crippen LogP contribution in [0.1, 0.15) is 12.5 Å². The third kappa shape index (κ3) is 5.69. The molecule has 1 aromatic carbocycles. The van der Waals surface area contributed by atoms with Crippen LogP contribution in [0.2, 0.25) is 0 Å². The van der Waals surface area contributed by atoms with Crippen molar-refractivity contribution >= 4 is 12.0 Å². The molecule has 0 saturated heterocycles. The molecule has 0 radical (unpaired) electrons. The fraction of sp³-hybridized carbons (Fsp3) is 0.231. The lowest BCUT2D eigenvalue weighted by Gasteiger charge is -2.10. The van der Waals surface area contributed by atoms with E-state index in [0.717, 1.165) is 11.6 Å². The summed E-state index contributed by atoms with van der Waals surface area (Å²) in [7, 11) is 0. The predicted octanol–water partition coefficient (Wildman–Crippen LogP) is 1.34. The molecule has 5 nitrogen and oxygen atoms in total. The van der Waals surface area contributed by atoms with Gasteiger partial charge in [-0.3, -0.25) is 4.79 Å². The Morgan fingerprint density at radius 2 is 2.06 bits per heavy atom. The molecule has 0 aromatic heterocycles. The van der Waals surface area contributed by atoms with E-state index in [1.165, 1.54) is 6.08 Å². The summed E-state index contributed by atoms with van der Waals surface area (Å²) in [5.41, 5.74) is 5.91. The Kier molecular flexibility index (Phi) is 5.44. The van der Waals surface area contributed by atoms with Gasteiger partial charge in [-0.2, -0.15) is 0 Å². The van der Waals surface area contributed by atoms with E-state index in [-0.39, 0.29) is 0 Å². The van der Waals surface area contributed by atoms with Gasteiger partial charge in [-0.05, 0) is 18.6 Å². The number of ether oxygens (including phenoxy) is 1. The summed E-state index contributed by atoms with van der Waals surface area (Å²) in [5.74, 6) is -0.574. The molecule has 5 heteroatoms. The Morgan fingerprint density at radius 1 is 1.39 bits per heavy atom. The molecule has 2 amide bonds. The van der Waals surface area contributed by atoms with Gasteiger partial charge in [0.1, 0.15) is 6.10 Å². The first-order valence-electron chi connectivity index (χ1n) is 5.54. The molecule has 0 saturated carbocycles. The van der Waals surface area contributed by atoms with Crippen molar-refractivity contribution in [1.29, 1.82) is 0 Å². The zero-order chi connectivity index (χ0) is 13.4. The van der Waals surface area contributed by atoms with Gasteiger partial charge in [-0.25, -0.2) is 4.79 Å². The summed E-state index contributed by atoms with van der Waals surface area (Å²) >= 11 is 0. The van der Waals surface area contributed by atoms with E-state index in [1.54, 1.807) is 6.92 Å². The molecule has 0 spiro atoms. The van der Waals surface area contributed by atoms with Gasteiger partial charge in [0, 0.05) is 12.6 Å². The Balaban J connectivity index is 2.31. The summed E-state index contributed by atoms with van der Waals surface area (Å²) in [6.07, 6.45) is 1.54. The van der Waals surface area contributed by atoms with Crippen LogP contribution in [-0.2, 0) is 16.1 Å². The lowest BCUT2D eigenvalue weighted by Crippen LogP contribution is -2.26. The number of amides is 2. The third-order valence-electron chi connectivity index (χ3n) is 2.10. The first-order valence-corrected chi connectivity index (χ1v) is 5.54. The second-order valence-electron chi connectivity index (χ2n) is 3.71. The molecule has 18 heavy (non-hydrogen) atoms. The average molecular weight is 248 g/mol. The highest BCUT2D eigenvalue weighted by Crippen LogP contribution is 1.99. The van der Waals surface area contributed by atoms with Gasteiger partial charge in [-0.15, -0.1) is 0 Å². The number of nitrogens with one attached hydrogen (secondary N) is 1. The Morgan fingerprint density at radius 3 is 2.67 bits per heavy atom. The molecule has 1 aromatic rings. The van der Waals surface area contributed by atoms with Gasteiger partial charge >= 0.3 is 6.09 Å². The number of carbonyl (C=O) groups excluding carboxylic acids is 2. The van der Waals surface area contributed by atoms with E-state index in [1.807, 2.05) is 30.3 Å². The van der Waals surface area contributed by atoms with Gasteiger partial charge in [0.2, 0.25) is 5.91 Å². The molecule has 0 heterocycles. The van der Waals surface area contributed by atoms with Crippen molar-refractivity contribution in [1.82, 2.24) is 5.32 Å². The average Bonchev–Trinajstić information content (AvgIpc) is 2.35. The van der Waals surface area contributed by atoms with Crippen molar-refractivity contribution in [3.63, 3.8) is 0 Å². The highest BCUT2D eigenvalue weighted by atomic mass is 16.6. The summed E-state index contributed by atoms with van der Waals surface area (Å²) < 4.78 is 4.98. The Bertz CT molecular complexity index is 429. The zero-order valence-electron chi connectivity index (χ0n) is 10.1. The molecule has 1 atom stereocenters. The number of rotatable bonds is 5. The predicted molar refractivity (Wildman–Crippen MR) is 67.6 cm³/mol. The molecule has 3 N–H and O–H groups in total. The van der Waals surface area contributed by atoms with Gasteiger partial charge in [0.05, 0.1) is 0 Å². The first-order chi connectivity index (χ1) is 8.58. The molecule has 0 aliphatic rings. The highest BCUT2D eigenvalue weighted by Gasteiger charge is 2.06. The fourth-order valence-electron chi connectivity index (χ4n) is 1.25. The van der Waals surface area contributed by atoms with Gasteiger partial charge in [0.25, 0.3) is 0 Å². The number of hydrogen-bond donors (Lipinski definition) is 2. The number of benzene rings is 1. The fourth-order valence-corrected chi connectivity index (χ4v) is 1.25. The molecule has 1 rings (SSSR count). The van der Waals surface area contributed by atoms with E-state index in [0.29, 0.717) is 6.54 Å². The number of carbonyl (C=O) groups is 2. The summed E-state index contributed by atoms with van der Waals surface area (Å²) in [4.78, 5) is 21.9. The summed E-state index contributed by atoms with van der Waals surface area (Å²) in [5, 5.41) is 2.61. The van der Waals surface area contributed by atoms with Crippen LogP contribution in [0.5, 0.6) is 0 Å². The van der Waals surface area contributed by atoms with E-state index in [2.05, 4.69) is 5.32 Å². The molecule has 0 aliphatic heterocycles. The minimum atomic E-state index is -0.574. The molecular formula is C13H16N2O3. The molecule has 0 fully saturated rings. The number of hydrogen-bond acceptors (Lipinski definition) is 3. The van der Waals surface area contributed by atoms with E-state index >= 15 is 0 Å². The number of primary amides is 1. The van der Waals surface area contributed by atoms with Crippen LogP contribution in [0.3, 0.4) is 0 Å². The topological polar surface area (TPSA) is 81.4 Å². The quantitative estimate of drug-likeness (QED) is 0.771. The van der Waals surface area contributed by atoms with Gasteiger partial charge in [-0.1, -0.05) is 30.3 Å². The summed E-state index contributed by atoms with van der Waals surface area (Å²) in [6.45, 7) is 2.04. The minimum absolute atomic E-state index is 0.395. The molecule has 0 bridgehead atoms. The van der Waals surface area contributed by atoms with Crippen LogP contribution < -0.4 is 11.1 Å². The molecular weight excluding hydrogens is 232 g/mol. The summed E-state index contributed by atoms with van der Waals surface area (Å²) in [6, 6.07) is 9.48. The zero-order valence-corrected chi connectivity index (χ0v) is 10.1. The Labute approximate surface area is 106 Å². The Hall–Kier alpha value is -2.30. The molecule has 0 aliphatic carbocycles. The van der Waals surface area contributed by atoms with Crippen molar-refractivity contribution < 1.29 is 14.3 Å². The first kappa shape index (κ1) is 13.8. The second kappa shape index (κ2) is 7.11. The van der Waals surface area contributed by atoms with Crippen molar-refractivity contribution in [3.05, 3.63) is 48.0 Å². The maximum atomic E-state index is 11.4. The maximum absolute atomic E-state index is 11.4. The van der Waals surface area contributed by atoms with Crippen LogP contribution in [0.15, 0.2) is 42.5 Å². The normalized spacial score (nSPS) is 12.1. The standard InChI is InChI=1S/C13H16N2O3/c1-10(7-8-12(14)16)18-13(17)15-9-11-5-3-2-4-6-11/h2-8,10H,9H2,1H3,(H2,14,16)(H,15,17)/b8-7+. The minimum Gasteiger partial charge on any atom is -0.442 e. The van der Waals surface area contributed by atoms with E-state index < -0.39 is 18.1 Å². The lowest BCUT2D eigenvalue weighted by atomic mass is 10.2. The van der Waals surface area contributed by atoms with Crippen LogP contribution in [0.25, 0.3) is 0 Å². The molecule has 96 valence electrons. The van der Waals surface area contributed by atoms with E-state index in [9.17, 15) is 9.59 Å². The smallest absolute Gasteiger partial charge is 0.407 e. The van der Waals surface area contributed by atoms with E-state index in [4.69, 9.17) is 10.5 Å². The SMILES string of the molecule is CC(/C=C/C(N)=O)OC(=O)NCc1ccccc1. The van der Waals surface area contributed by atoms with Crippen molar-refractivity contribution in [2.24, 2.45) is 5.73 Å². The van der Waals surface area contributed by atoms with Crippen molar-refractivity contribution in [2.45, 2.75) is 19.6 Å². The van der Waals surface area contributed by atoms with Gasteiger partial charge in [0.15, 0.2) is 0 Å². The van der Waals surface area contributed by atoms with Crippen LogP contribution in [0, 0.1) is 0 Å². The largest absolute Gasteiger partial charge is 0.442 e. The number of alkyl carbamates (subject to hydrolysis) is 1. The van der Waals surface area contributed by atoms with Crippen LogP contribution >= 0.6 is 0 Å². The van der Waals surface area contributed by atoms with Crippen molar-refractivity contribution in [3.8, 4) is 0 Å². The maximum Gasteiger partial charge on any atom is 0.407 e. The molecule has 1 unspecified atom stereocenters. The van der Waals surface area contributed by atoms with Crippen LogP contribution in [-0.4, -0.2) is 18.1 Å². The third-order valence-corrected chi connectivity index (χ3v) is 2.10. The lowest BCUT2D eigenvalue weighted by molar-refractivity contribution is -0.113. The van der Waals surface area contributed by atoms with Crippen LogP contribution in [0.4, 0.5) is 4.79 Å².